The molecule has 0 bridgehead atoms. The zero-order valence-corrected chi connectivity index (χ0v) is 18.0. The van der Waals surface area contributed by atoms with Gasteiger partial charge in [-0.25, -0.2) is 9.48 Å². The molecule has 2 aliphatic heterocycles. The maximum absolute atomic E-state index is 13.7. The molecule has 2 fully saturated rings. The highest BCUT2D eigenvalue weighted by molar-refractivity contribution is 5.94. The summed E-state index contributed by atoms with van der Waals surface area (Å²) in [4.78, 5) is 26.6. The second-order valence-electron chi connectivity index (χ2n) is 7.85. The summed E-state index contributed by atoms with van der Waals surface area (Å²) in [6.45, 7) is 3.61. The van der Waals surface area contributed by atoms with Gasteiger partial charge in [-0.1, -0.05) is 0 Å². The summed E-state index contributed by atoms with van der Waals surface area (Å²) >= 11 is 0. The number of esters is 1. The summed E-state index contributed by atoms with van der Waals surface area (Å²) in [5, 5.41) is 3.75. The molecule has 1 aromatic heterocycles. The molecule has 0 aliphatic carbocycles. The third-order valence-electron chi connectivity index (χ3n) is 5.67. The van der Waals surface area contributed by atoms with Crippen LogP contribution < -0.4 is 0 Å². The summed E-state index contributed by atoms with van der Waals surface area (Å²) in [7, 11) is 0. The van der Waals surface area contributed by atoms with Gasteiger partial charge in [-0.3, -0.25) is 4.79 Å². The lowest BCUT2D eigenvalue weighted by molar-refractivity contribution is -0.143. The first-order chi connectivity index (χ1) is 15.8. The average Bonchev–Trinajstić information content (AvgIpc) is 3.49. The number of alkyl halides is 3. The molecule has 33 heavy (non-hydrogen) atoms. The molecule has 1 amide bonds. The fraction of sp³-hybridized carbons (Fsp3) is 0.500. The molecule has 1 unspecified atom stereocenters. The van der Waals surface area contributed by atoms with Crippen LogP contribution in [0.15, 0.2) is 30.5 Å². The van der Waals surface area contributed by atoms with Crippen molar-refractivity contribution in [3.63, 3.8) is 0 Å². The topological polar surface area (TPSA) is 82.9 Å². The van der Waals surface area contributed by atoms with Gasteiger partial charge in [0.1, 0.15) is 5.56 Å². The third-order valence-corrected chi connectivity index (χ3v) is 5.67. The molecule has 2 saturated heterocycles. The Bertz CT molecular complexity index is 1000. The van der Waals surface area contributed by atoms with Crippen LogP contribution in [0.4, 0.5) is 13.2 Å². The van der Waals surface area contributed by atoms with E-state index in [1.54, 1.807) is 4.90 Å². The van der Waals surface area contributed by atoms with Gasteiger partial charge in [-0.05, 0) is 44.0 Å². The van der Waals surface area contributed by atoms with E-state index in [2.05, 4.69) is 5.10 Å². The van der Waals surface area contributed by atoms with Gasteiger partial charge in [-0.15, -0.1) is 0 Å². The van der Waals surface area contributed by atoms with Crippen molar-refractivity contribution in [1.29, 1.82) is 0 Å². The van der Waals surface area contributed by atoms with Crippen molar-refractivity contribution in [1.82, 2.24) is 14.7 Å². The minimum absolute atomic E-state index is 0.0610. The lowest BCUT2D eigenvalue weighted by Crippen LogP contribution is -2.43. The number of rotatable bonds is 5. The molecular formula is C22H24F3N3O5. The van der Waals surface area contributed by atoms with Crippen LogP contribution in [0.25, 0.3) is 5.69 Å². The van der Waals surface area contributed by atoms with E-state index in [0.717, 1.165) is 19.0 Å². The predicted molar refractivity (Wildman–Crippen MR) is 109 cm³/mol. The van der Waals surface area contributed by atoms with Gasteiger partial charge in [0.05, 0.1) is 31.7 Å². The normalized spacial score (nSPS) is 19.6. The minimum atomic E-state index is -4.83. The zero-order valence-electron chi connectivity index (χ0n) is 18.0. The van der Waals surface area contributed by atoms with E-state index in [1.165, 1.54) is 31.2 Å². The number of hydrogen-bond acceptors (Lipinski definition) is 6. The monoisotopic (exact) mass is 467 g/mol. The number of benzene rings is 1. The molecule has 1 atom stereocenters. The Morgan fingerprint density at radius 3 is 2.52 bits per heavy atom. The highest BCUT2D eigenvalue weighted by atomic mass is 19.4. The second-order valence-corrected chi connectivity index (χ2v) is 7.85. The highest BCUT2D eigenvalue weighted by Crippen LogP contribution is 2.34. The van der Waals surface area contributed by atoms with E-state index in [-0.39, 0.29) is 30.4 Å². The second kappa shape index (κ2) is 9.52. The first-order valence-electron chi connectivity index (χ1n) is 10.7. The number of carbonyl (C=O) groups excluding carboxylic acids is 2. The summed E-state index contributed by atoms with van der Waals surface area (Å²) in [6, 6.07) is 5.65. The predicted octanol–water partition coefficient (Wildman–Crippen LogP) is 3.29. The molecular weight excluding hydrogens is 443 g/mol. The van der Waals surface area contributed by atoms with Gasteiger partial charge in [0.25, 0.3) is 5.91 Å². The largest absolute Gasteiger partial charge is 0.462 e. The molecule has 2 aliphatic rings. The fourth-order valence-electron chi connectivity index (χ4n) is 4.17. The Morgan fingerprint density at radius 2 is 1.88 bits per heavy atom. The van der Waals surface area contributed by atoms with Gasteiger partial charge >= 0.3 is 12.1 Å². The van der Waals surface area contributed by atoms with Crippen molar-refractivity contribution < 1.29 is 37.0 Å². The van der Waals surface area contributed by atoms with Crippen LogP contribution in [-0.4, -0.2) is 65.8 Å². The first-order valence-corrected chi connectivity index (χ1v) is 10.7. The Kier molecular flexibility index (Phi) is 6.71. The molecule has 4 rings (SSSR count). The van der Waals surface area contributed by atoms with Crippen molar-refractivity contribution in [3.8, 4) is 5.69 Å². The van der Waals surface area contributed by atoms with E-state index in [0.29, 0.717) is 36.5 Å². The highest BCUT2D eigenvalue weighted by Gasteiger charge is 2.41. The van der Waals surface area contributed by atoms with Crippen LogP contribution in [-0.2, 0) is 20.4 Å². The molecule has 0 radical (unpaired) electrons. The van der Waals surface area contributed by atoms with Crippen molar-refractivity contribution in [2.75, 3.05) is 32.9 Å². The molecule has 3 heterocycles. The van der Waals surface area contributed by atoms with Crippen molar-refractivity contribution in [2.24, 2.45) is 5.92 Å². The summed E-state index contributed by atoms with van der Waals surface area (Å²) in [6.07, 6.45) is -2.59. The van der Waals surface area contributed by atoms with Crippen molar-refractivity contribution in [2.45, 2.75) is 32.2 Å². The lowest BCUT2D eigenvalue weighted by Gasteiger charge is -2.34. The average molecular weight is 467 g/mol. The fourth-order valence-corrected chi connectivity index (χ4v) is 4.17. The molecule has 0 saturated carbocycles. The van der Waals surface area contributed by atoms with Crippen LogP contribution >= 0.6 is 0 Å². The van der Waals surface area contributed by atoms with E-state index in [1.807, 2.05) is 0 Å². The number of aromatic nitrogens is 2. The smallest absolute Gasteiger partial charge is 0.434 e. The number of nitrogens with zero attached hydrogens (tertiary/aromatic N) is 3. The van der Waals surface area contributed by atoms with E-state index >= 15 is 0 Å². The van der Waals surface area contributed by atoms with Gasteiger partial charge in [0.15, 0.2) is 12.0 Å². The van der Waals surface area contributed by atoms with Crippen molar-refractivity contribution >= 4 is 11.9 Å². The summed E-state index contributed by atoms with van der Waals surface area (Å²) < 4.78 is 57.6. The number of halogens is 3. The maximum Gasteiger partial charge on any atom is 0.434 e. The Morgan fingerprint density at radius 1 is 1.18 bits per heavy atom. The standard InChI is InChI=1S/C22H24F3N3O5/c1-2-31-20(30)17-12-26-28(18(17)22(23,24)25)16-7-5-14(6-8-16)19(29)27-9-3-4-15(13-27)21-32-10-11-33-21/h5-8,12,15,21H,2-4,9-11,13H2,1H3. The van der Waals surface area contributed by atoms with Gasteiger partial charge in [-0.2, -0.15) is 18.3 Å². The molecule has 8 nitrogen and oxygen atoms in total. The zero-order chi connectivity index (χ0) is 23.6. The van der Waals surface area contributed by atoms with E-state index < -0.39 is 23.4 Å². The Balaban J connectivity index is 1.54. The molecule has 11 heteroatoms. The summed E-state index contributed by atoms with van der Waals surface area (Å²) in [5.74, 6) is -1.23. The van der Waals surface area contributed by atoms with Crippen LogP contribution in [0.1, 0.15) is 46.2 Å². The van der Waals surface area contributed by atoms with Crippen molar-refractivity contribution in [3.05, 3.63) is 47.3 Å². The van der Waals surface area contributed by atoms with Gasteiger partial charge in [0.2, 0.25) is 0 Å². The number of ether oxygens (including phenoxy) is 3. The summed E-state index contributed by atoms with van der Waals surface area (Å²) in [5.41, 5.74) is -1.48. The minimum Gasteiger partial charge on any atom is -0.462 e. The van der Waals surface area contributed by atoms with Crippen LogP contribution in [0.5, 0.6) is 0 Å². The Labute approximate surface area is 188 Å². The molecule has 0 spiro atoms. The van der Waals surface area contributed by atoms with Crippen LogP contribution in [0, 0.1) is 5.92 Å². The molecule has 2 aromatic rings. The number of piperidine rings is 1. The molecule has 0 N–H and O–H groups in total. The number of hydrogen-bond donors (Lipinski definition) is 0. The lowest BCUT2D eigenvalue weighted by atomic mass is 9.96. The Hall–Kier alpha value is -2.92. The van der Waals surface area contributed by atoms with Gasteiger partial charge in [0, 0.05) is 24.6 Å². The first kappa shape index (κ1) is 23.2. The number of amides is 1. The number of likely N-dealkylation sites (tertiary alicyclic amines) is 1. The quantitative estimate of drug-likeness (QED) is 0.628. The maximum atomic E-state index is 13.7. The van der Waals surface area contributed by atoms with E-state index in [9.17, 15) is 22.8 Å². The SMILES string of the molecule is CCOC(=O)c1cnn(-c2ccc(C(=O)N3CCCC(C4OCCO4)C3)cc2)c1C(F)(F)F. The van der Waals surface area contributed by atoms with Crippen LogP contribution in [0.3, 0.4) is 0 Å². The molecule has 178 valence electrons. The van der Waals surface area contributed by atoms with Gasteiger partial charge < -0.3 is 19.1 Å². The van der Waals surface area contributed by atoms with E-state index in [4.69, 9.17) is 14.2 Å². The number of carbonyl (C=O) groups is 2. The van der Waals surface area contributed by atoms with Crippen LogP contribution in [0.2, 0.25) is 0 Å². The third kappa shape index (κ3) is 4.88. The molecule has 1 aromatic carbocycles.